The third-order valence-corrected chi connectivity index (χ3v) is 2.43. The lowest BCUT2D eigenvalue weighted by molar-refractivity contribution is -0.121. The summed E-state index contributed by atoms with van der Waals surface area (Å²) in [6, 6.07) is 1.03. The molecule has 2 N–H and O–H groups in total. The fourth-order valence-corrected chi connectivity index (χ4v) is 1.45. The van der Waals surface area contributed by atoms with E-state index in [4.69, 9.17) is 0 Å². The predicted octanol–water partition coefficient (Wildman–Crippen LogP) is 2.43. The molecule has 0 aliphatic rings. The largest absolute Gasteiger partial charge is 0.320 e. The third kappa shape index (κ3) is 3.22. The van der Waals surface area contributed by atoms with Crippen LogP contribution in [0.25, 0.3) is 0 Å². The Labute approximate surface area is 103 Å². The Kier molecular flexibility index (Phi) is 4.34. The van der Waals surface area contributed by atoms with E-state index in [1.807, 2.05) is 0 Å². The highest BCUT2D eigenvalue weighted by atomic mass is 19.1. The zero-order chi connectivity index (χ0) is 13.9. The highest BCUT2D eigenvalue weighted by Crippen LogP contribution is 2.21. The molecule has 0 bridgehead atoms. The average Bonchev–Trinajstić information content (AvgIpc) is 2.22. The maximum atomic E-state index is 13.3. The molecule has 0 aromatic heterocycles. The number of halogens is 3. The maximum absolute atomic E-state index is 13.3. The first kappa shape index (κ1) is 14.5. The molecule has 3 nitrogen and oxygen atoms in total. The molecule has 100 valence electrons. The maximum Gasteiger partial charge on any atom is 0.244 e. The van der Waals surface area contributed by atoms with E-state index in [1.165, 1.54) is 0 Å². The van der Waals surface area contributed by atoms with Crippen molar-refractivity contribution in [2.45, 2.75) is 26.3 Å². The Balaban J connectivity index is 2.95. The summed E-state index contributed by atoms with van der Waals surface area (Å²) in [5.41, 5.74) is -1.63. The van der Waals surface area contributed by atoms with Crippen molar-refractivity contribution >= 4 is 11.6 Å². The van der Waals surface area contributed by atoms with E-state index in [0.29, 0.717) is 18.7 Å². The van der Waals surface area contributed by atoms with Gasteiger partial charge in [-0.3, -0.25) is 4.79 Å². The molecule has 0 radical (unpaired) electrons. The molecule has 0 saturated carbocycles. The van der Waals surface area contributed by atoms with Crippen LogP contribution in [0.15, 0.2) is 12.1 Å². The summed E-state index contributed by atoms with van der Waals surface area (Å²) in [6.07, 6.45) is 0. The van der Waals surface area contributed by atoms with Crippen molar-refractivity contribution in [3.8, 4) is 0 Å². The Morgan fingerprint density at radius 3 is 2.17 bits per heavy atom. The summed E-state index contributed by atoms with van der Waals surface area (Å²) in [5.74, 6) is -3.93. The van der Waals surface area contributed by atoms with Crippen LogP contribution in [0.5, 0.6) is 0 Å². The van der Waals surface area contributed by atoms with Crippen LogP contribution in [0.2, 0.25) is 0 Å². The zero-order valence-corrected chi connectivity index (χ0v) is 10.4. The van der Waals surface area contributed by atoms with Gasteiger partial charge in [0.05, 0.1) is 5.54 Å². The molecule has 18 heavy (non-hydrogen) atoms. The standard InChI is InChI=1S/C12H15F3N2O/c1-4-16-12(2,3)11(18)17-10-8(14)5-7(13)6-9(10)15/h5-6,16H,4H2,1-3H3,(H,17,18). The Morgan fingerprint density at radius 2 is 1.72 bits per heavy atom. The third-order valence-electron chi connectivity index (χ3n) is 2.43. The van der Waals surface area contributed by atoms with Gasteiger partial charge < -0.3 is 10.6 Å². The number of anilines is 1. The predicted molar refractivity (Wildman–Crippen MR) is 62.7 cm³/mol. The molecule has 0 heterocycles. The molecule has 0 atom stereocenters. The highest BCUT2D eigenvalue weighted by molar-refractivity contribution is 5.97. The minimum atomic E-state index is -1.15. The number of hydrogen-bond donors (Lipinski definition) is 2. The average molecular weight is 260 g/mol. The molecule has 0 aliphatic carbocycles. The van der Waals surface area contributed by atoms with Crippen molar-refractivity contribution in [2.75, 3.05) is 11.9 Å². The molecule has 0 saturated heterocycles. The molecule has 0 spiro atoms. The molecular formula is C12H15F3N2O. The summed E-state index contributed by atoms with van der Waals surface area (Å²) in [4.78, 5) is 11.8. The molecule has 1 aromatic rings. The van der Waals surface area contributed by atoms with Crippen molar-refractivity contribution in [1.29, 1.82) is 0 Å². The number of carbonyl (C=O) groups is 1. The fourth-order valence-electron chi connectivity index (χ4n) is 1.45. The SMILES string of the molecule is CCNC(C)(C)C(=O)Nc1c(F)cc(F)cc1F. The van der Waals surface area contributed by atoms with E-state index in [9.17, 15) is 18.0 Å². The van der Waals surface area contributed by atoms with Crippen molar-refractivity contribution in [3.05, 3.63) is 29.6 Å². The monoisotopic (exact) mass is 260 g/mol. The fraction of sp³-hybridized carbons (Fsp3) is 0.417. The molecule has 1 amide bonds. The lowest BCUT2D eigenvalue weighted by atomic mass is 10.0. The van der Waals surface area contributed by atoms with Gasteiger partial charge in [0, 0.05) is 12.1 Å². The van der Waals surface area contributed by atoms with Gasteiger partial charge in [-0.25, -0.2) is 13.2 Å². The molecule has 1 aromatic carbocycles. The van der Waals surface area contributed by atoms with Gasteiger partial charge in [0.15, 0.2) is 11.6 Å². The van der Waals surface area contributed by atoms with E-state index in [1.54, 1.807) is 20.8 Å². The van der Waals surface area contributed by atoms with Crippen molar-refractivity contribution in [2.24, 2.45) is 0 Å². The summed E-state index contributed by atoms with van der Waals surface area (Å²) >= 11 is 0. The van der Waals surface area contributed by atoms with E-state index < -0.39 is 34.6 Å². The van der Waals surface area contributed by atoms with Gasteiger partial charge in [-0.2, -0.15) is 0 Å². The first-order valence-corrected chi connectivity index (χ1v) is 5.49. The van der Waals surface area contributed by atoms with Crippen LogP contribution in [-0.2, 0) is 4.79 Å². The van der Waals surface area contributed by atoms with Gasteiger partial charge in [-0.05, 0) is 20.4 Å². The Hall–Kier alpha value is -1.56. The number of likely N-dealkylation sites (N-methyl/N-ethyl adjacent to an activating group) is 1. The minimum Gasteiger partial charge on any atom is -0.320 e. The van der Waals surface area contributed by atoms with Crippen LogP contribution in [-0.4, -0.2) is 18.0 Å². The van der Waals surface area contributed by atoms with Gasteiger partial charge >= 0.3 is 0 Å². The smallest absolute Gasteiger partial charge is 0.244 e. The van der Waals surface area contributed by atoms with Crippen LogP contribution < -0.4 is 10.6 Å². The molecule has 0 unspecified atom stereocenters. The van der Waals surface area contributed by atoms with Crippen LogP contribution >= 0.6 is 0 Å². The van der Waals surface area contributed by atoms with Crippen LogP contribution in [0.4, 0.5) is 18.9 Å². The summed E-state index contributed by atoms with van der Waals surface area (Å²) in [6.45, 7) is 5.47. The van der Waals surface area contributed by atoms with Crippen molar-refractivity contribution < 1.29 is 18.0 Å². The number of rotatable bonds is 4. The second-order valence-corrected chi connectivity index (χ2v) is 4.35. The second-order valence-electron chi connectivity index (χ2n) is 4.35. The Bertz CT molecular complexity index is 438. The number of carbonyl (C=O) groups excluding carboxylic acids is 1. The first-order chi connectivity index (χ1) is 8.27. The van der Waals surface area contributed by atoms with E-state index in [-0.39, 0.29) is 0 Å². The summed E-state index contributed by atoms with van der Waals surface area (Å²) in [5, 5.41) is 4.97. The first-order valence-electron chi connectivity index (χ1n) is 5.49. The van der Waals surface area contributed by atoms with Gasteiger partial charge in [-0.1, -0.05) is 6.92 Å². The van der Waals surface area contributed by atoms with E-state index in [0.717, 1.165) is 0 Å². The minimum absolute atomic E-state index is 0.513. The van der Waals surface area contributed by atoms with E-state index in [2.05, 4.69) is 10.6 Å². The normalized spacial score (nSPS) is 11.4. The van der Waals surface area contributed by atoms with Gasteiger partial charge in [-0.15, -0.1) is 0 Å². The molecule has 6 heteroatoms. The topological polar surface area (TPSA) is 41.1 Å². The van der Waals surface area contributed by atoms with Gasteiger partial charge in [0.1, 0.15) is 11.5 Å². The number of amides is 1. The molecular weight excluding hydrogens is 245 g/mol. The summed E-state index contributed by atoms with van der Waals surface area (Å²) < 4.78 is 39.4. The zero-order valence-electron chi connectivity index (χ0n) is 10.4. The lowest BCUT2D eigenvalue weighted by Gasteiger charge is -2.24. The second kappa shape index (κ2) is 5.39. The lowest BCUT2D eigenvalue weighted by Crippen LogP contribution is -2.49. The van der Waals surface area contributed by atoms with Crippen molar-refractivity contribution in [1.82, 2.24) is 5.32 Å². The highest BCUT2D eigenvalue weighted by Gasteiger charge is 2.28. The molecule has 0 aliphatic heterocycles. The van der Waals surface area contributed by atoms with E-state index >= 15 is 0 Å². The van der Waals surface area contributed by atoms with Crippen molar-refractivity contribution in [3.63, 3.8) is 0 Å². The summed E-state index contributed by atoms with van der Waals surface area (Å²) in [7, 11) is 0. The quantitative estimate of drug-likeness (QED) is 0.873. The van der Waals surface area contributed by atoms with Crippen LogP contribution in [0.3, 0.4) is 0 Å². The van der Waals surface area contributed by atoms with Gasteiger partial charge in [0.2, 0.25) is 5.91 Å². The molecule has 1 rings (SSSR count). The number of nitrogens with one attached hydrogen (secondary N) is 2. The van der Waals surface area contributed by atoms with Crippen LogP contribution in [0.1, 0.15) is 20.8 Å². The van der Waals surface area contributed by atoms with Gasteiger partial charge in [0.25, 0.3) is 0 Å². The van der Waals surface area contributed by atoms with Crippen LogP contribution in [0, 0.1) is 17.5 Å². The molecule has 0 fully saturated rings. The Morgan fingerprint density at radius 1 is 1.22 bits per heavy atom. The number of benzene rings is 1. The number of hydrogen-bond acceptors (Lipinski definition) is 2.